The first-order chi connectivity index (χ1) is 17.9. The number of aromatic nitrogens is 1. The number of para-hydroxylation sites is 1. The standard InChI is InChI=1S/C29H23FN4O3/c1-15-6-11-22-20(12-15)29(28(37)32-22)25-24(26(35)34(27(25)36)18-9-7-17(30)8-10-18)23(33-29)13-16-14-31-21-5-3-2-4-19(16)21/h2-12,14,23-25,31,33H,13H2,1H3,(H,32,37)/t23-,24+,25+,29-/m1/s1. The summed E-state index contributed by atoms with van der Waals surface area (Å²) in [4.78, 5) is 46.1. The molecule has 0 saturated carbocycles. The molecular formula is C29H23FN4O3. The van der Waals surface area contributed by atoms with E-state index in [1.165, 1.54) is 24.3 Å². The highest BCUT2D eigenvalue weighted by atomic mass is 19.1. The van der Waals surface area contributed by atoms with Gasteiger partial charge in [-0.05, 0) is 55.3 Å². The fraction of sp³-hybridized carbons (Fsp3) is 0.207. The second kappa shape index (κ2) is 7.60. The molecule has 2 saturated heterocycles. The van der Waals surface area contributed by atoms with Crippen molar-refractivity contribution >= 4 is 40.0 Å². The molecule has 3 aliphatic heterocycles. The van der Waals surface area contributed by atoms with Crippen LogP contribution in [0.1, 0.15) is 16.7 Å². The molecule has 3 aromatic carbocycles. The summed E-state index contributed by atoms with van der Waals surface area (Å²) in [7, 11) is 0. The lowest BCUT2D eigenvalue weighted by molar-refractivity contribution is -0.130. The molecule has 0 bridgehead atoms. The predicted molar refractivity (Wildman–Crippen MR) is 136 cm³/mol. The van der Waals surface area contributed by atoms with Crippen LogP contribution in [0, 0.1) is 24.6 Å². The number of aromatic amines is 1. The summed E-state index contributed by atoms with van der Waals surface area (Å²) >= 11 is 0. The molecule has 2 fully saturated rings. The molecule has 4 aromatic rings. The van der Waals surface area contributed by atoms with Crippen LogP contribution in [0.15, 0.2) is 72.9 Å². The Morgan fingerprint density at radius 3 is 2.57 bits per heavy atom. The number of imide groups is 1. The number of nitrogens with one attached hydrogen (secondary N) is 3. The number of rotatable bonds is 3. The van der Waals surface area contributed by atoms with Gasteiger partial charge in [-0.3, -0.25) is 19.7 Å². The fourth-order valence-corrected chi connectivity index (χ4v) is 6.47. The van der Waals surface area contributed by atoms with Crippen LogP contribution in [-0.4, -0.2) is 28.7 Å². The van der Waals surface area contributed by atoms with Crippen LogP contribution in [0.5, 0.6) is 0 Å². The number of anilines is 2. The van der Waals surface area contributed by atoms with Crippen molar-refractivity contribution in [2.45, 2.75) is 24.9 Å². The van der Waals surface area contributed by atoms with E-state index in [1.807, 2.05) is 55.6 Å². The number of aryl methyl sites for hydroxylation is 1. The Labute approximate surface area is 211 Å². The first kappa shape index (κ1) is 21.9. The second-order valence-electron chi connectivity index (χ2n) is 10.1. The highest BCUT2D eigenvalue weighted by Crippen LogP contribution is 2.54. The Balaban J connectivity index is 1.38. The van der Waals surface area contributed by atoms with Crippen LogP contribution in [0.3, 0.4) is 0 Å². The molecule has 8 heteroatoms. The summed E-state index contributed by atoms with van der Waals surface area (Å²) in [5, 5.41) is 7.46. The lowest BCUT2D eigenvalue weighted by Gasteiger charge is -2.29. The molecule has 3 N–H and O–H groups in total. The third kappa shape index (κ3) is 2.93. The van der Waals surface area contributed by atoms with Crippen molar-refractivity contribution in [3.63, 3.8) is 0 Å². The van der Waals surface area contributed by atoms with Gasteiger partial charge in [0, 0.05) is 34.4 Å². The highest BCUT2D eigenvalue weighted by molar-refractivity contribution is 6.25. The van der Waals surface area contributed by atoms with Crippen molar-refractivity contribution < 1.29 is 18.8 Å². The van der Waals surface area contributed by atoms with Gasteiger partial charge in [0.25, 0.3) is 0 Å². The summed E-state index contributed by atoms with van der Waals surface area (Å²) in [6.45, 7) is 1.93. The molecule has 7 rings (SSSR count). The van der Waals surface area contributed by atoms with E-state index >= 15 is 0 Å². The van der Waals surface area contributed by atoms with E-state index in [2.05, 4.69) is 15.6 Å². The van der Waals surface area contributed by atoms with Crippen LogP contribution in [0.25, 0.3) is 10.9 Å². The van der Waals surface area contributed by atoms with E-state index in [-0.39, 0.29) is 11.8 Å². The average molecular weight is 495 g/mol. The van der Waals surface area contributed by atoms with Crippen LogP contribution < -0.4 is 15.5 Å². The summed E-state index contributed by atoms with van der Waals surface area (Å²) in [6, 6.07) is 18.4. The Morgan fingerprint density at radius 1 is 0.973 bits per heavy atom. The molecule has 3 aliphatic rings. The smallest absolute Gasteiger partial charge is 0.250 e. The Morgan fingerprint density at radius 2 is 1.76 bits per heavy atom. The number of carbonyl (C=O) groups excluding carboxylic acids is 3. The molecule has 4 heterocycles. The van der Waals surface area contributed by atoms with E-state index in [1.54, 1.807) is 0 Å². The van der Waals surface area contributed by atoms with Crippen LogP contribution >= 0.6 is 0 Å². The molecule has 1 spiro atoms. The molecule has 4 atom stereocenters. The molecule has 0 unspecified atom stereocenters. The van der Waals surface area contributed by atoms with Gasteiger partial charge < -0.3 is 10.3 Å². The topological polar surface area (TPSA) is 94.3 Å². The van der Waals surface area contributed by atoms with Gasteiger partial charge in [-0.15, -0.1) is 0 Å². The predicted octanol–water partition coefficient (Wildman–Crippen LogP) is 3.78. The van der Waals surface area contributed by atoms with E-state index < -0.39 is 35.1 Å². The zero-order valence-electron chi connectivity index (χ0n) is 19.9. The van der Waals surface area contributed by atoms with Gasteiger partial charge in [0.05, 0.1) is 17.5 Å². The van der Waals surface area contributed by atoms with E-state index in [0.717, 1.165) is 26.9 Å². The molecule has 0 aliphatic carbocycles. The summed E-state index contributed by atoms with van der Waals surface area (Å²) in [5.74, 6) is -3.36. The van der Waals surface area contributed by atoms with E-state index in [9.17, 15) is 18.8 Å². The van der Waals surface area contributed by atoms with Gasteiger partial charge in [0.2, 0.25) is 17.7 Å². The van der Waals surface area contributed by atoms with Crippen molar-refractivity contribution in [2.75, 3.05) is 10.2 Å². The Hall–Kier alpha value is -4.30. The van der Waals surface area contributed by atoms with Crippen molar-refractivity contribution in [3.05, 3.63) is 95.4 Å². The van der Waals surface area contributed by atoms with E-state index in [0.29, 0.717) is 23.4 Å². The van der Waals surface area contributed by atoms with Crippen molar-refractivity contribution in [1.82, 2.24) is 10.3 Å². The molecule has 184 valence electrons. The summed E-state index contributed by atoms with van der Waals surface area (Å²) in [5.41, 5.74) is 3.14. The highest BCUT2D eigenvalue weighted by Gasteiger charge is 2.70. The Kier molecular flexibility index (Phi) is 4.51. The average Bonchev–Trinajstić information content (AvgIpc) is 3.59. The van der Waals surface area contributed by atoms with Crippen molar-refractivity contribution in [2.24, 2.45) is 11.8 Å². The number of hydrogen-bond donors (Lipinski definition) is 3. The first-order valence-corrected chi connectivity index (χ1v) is 12.3. The lowest BCUT2D eigenvalue weighted by atomic mass is 9.76. The number of hydrogen-bond acceptors (Lipinski definition) is 4. The molecule has 0 radical (unpaired) electrons. The maximum Gasteiger partial charge on any atom is 0.250 e. The van der Waals surface area contributed by atoms with Crippen molar-refractivity contribution in [1.29, 1.82) is 0 Å². The summed E-state index contributed by atoms with van der Waals surface area (Å²) < 4.78 is 13.6. The maximum atomic E-state index is 14.0. The SMILES string of the molecule is Cc1ccc2c(c1)[C@]1(N[C@H](Cc3c[nH]c4ccccc34)[C@@H]3C(=O)N(c4ccc(F)cc4)C(=O)[C@H]31)C(=O)N2. The zero-order chi connectivity index (χ0) is 25.5. The number of halogens is 1. The van der Waals surface area contributed by atoms with E-state index in [4.69, 9.17) is 0 Å². The fourth-order valence-electron chi connectivity index (χ4n) is 6.47. The molecular weight excluding hydrogens is 471 g/mol. The van der Waals surface area contributed by atoms with Gasteiger partial charge in [0.1, 0.15) is 11.4 Å². The van der Waals surface area contributed by atoms with Gasteiger partial charge in [-0.2, -0.15) is 0 Å². The minimum atomic E-state index is -1.38. The zero-order valence-corrected chi connectivity index (χ0v) is 19.9. The quantitative estimate of drug-likeness (QED) is 0.378. The van der Waals surface area contributed by atoms with Crippen LogP contribution in [-0.2, 0) is 26.3 Å². The lowest BCUT2D eigenvalue weighted by Crippen LogP contribution is -2.53. The van der Waals surface area contributed by atoms with Crippen LogP contribution in [0.4, 0.5) is 15.8 Å². The first-order valence-electron chi connectivity index (χ1n) is 12.3. The second-order valence-corrected chi connectivity index (χ2v) is 10.1. The molecule has 37 heavy (non-hydrogen) atoms. The minimum absolute atomic E-state index is 0.301. The van der Waals surface area contributed by atoms with Crippen LogP contribution in [0.2, 0.25) is 0 Å². The van der Waals surface area contributed by atoms with Gasteiger partial charge in [0.15, 0.2) is 0 Å². The van der Waals surface area contributed by atoms with Gasteiger partial charge in [-0.25, -0.2) is 9.29 Å². The molecule has 7 nitrogen and oxygen atoms in total. The third-order valence-electron chi connectivity index (χ3n) is 8.07. The molecule has 1 aromatic heterocycles. The largest absolute Gasteiger partial charge is 0.361 e. The monoisotopic (exact) mass is 494 g/mol. The number of amides is 3. The number of carbonyl (C=O) groups is 3. The Bertz CT molecular complexity index is 1630. The summed E-state index contributed by atoms with van der Waals surface area (Å²) in [6.07, 6.45) is 2.36. The number of nitrogens with zero attached hydrogens (tertiary/aromatic N) is 1. The van der Waals surface area contributed by atoms with Gasteiger partial charge >= 0.3 is 0 Å². The van der Waals surface area contributed by atoms with Crippen molar-refractivity contribution in [3.8, 4) is 0 Å². The minimum Gasteiger partial charge on any atom is -0.361 e. The maximum absolute atomic E-state index is 14.0. The number of H-pyrrole nitrogens is 1. The normalized spacial score (nSPS) is 26.3. The van der Waals surface area contributed by atoms with Gasteiger partial charge in [-0.1, -0.05) is 35.9 Å². The number of benzene rings is 3. The molecule has 3 amide bonds. The third-order valence-corrected chi connectivity index (χ3v) is 8.07. The number of fused-ring (bicyclic) bond motifs is 5.